The van der Waals surface area contributed by atoms with Crippen LogP contribution in [0.4, 0.5) is 11.4 Å². The molecule has 2 aromatic carbocycles. The SMILES string of the molecule is CC[C@H](C)c1ccccc1NC(=O)[C@@H](C)N1CCN(c2cccc(C)c2C)CC1. The topological polar surface area (TPSA) is 35.6 Å². The molecule has 0 radical (unpaired) electrons. The van der Waals surface area contributed by atoms with Crippen LogP contribution in [0.3, 0.4) is 0 Å². The number of benzene rings is 2. The molecule has 0 bridgehead atoms. The maximum absolute atomic E-state index is 13.0. The zero-order valence-electron chi connectivity index (χ0n) is 18.5. The molecule has 0 spiro atoms. The Hall–Kier alpha value is -2.33. The number of rotatable bonds is 6. The lowest BCUT2D eigenvalue weighted by Crippen LogP contribution is -2.53. The number of carbonyl (C=O) groups is 1. The van der Waals surface area contributed by atoms with E-state index in [1.165, 1.54) is 22.4 Å². The molecule has 4 nitrogen and oxygen atoms in total. The number of hydrogen-bond donors (Lipinski definition) is 1. The van der Waals surface area contributed by atoms with E-state index in [2.05, 4.69) is 67.1 Å². The van der Waals surface area contributed by atoms with E-state index in [0.29, 0.717) is 5.92 Å². The lowest BCUT2D eigenvalue weighted by atomic mass is 9.97. The van der Waals surface area contributed by atoms with Crippen LogP contribution in [0.25, 0.3) is 0 Å². The maximum Gasteiger partial charge on any atom is 0.241 e. The number of nitrogens with one attached hydrogen (secondary N) is 1. The number of para-hydroxylation sites is 1. The molecule has 0 saturated carbocycles. The number of carbonyl (C=O) groups excluding carboxylic acids is 1. The van der Waals surface area contributed by atoms with Crippen LogP contribution in [0, 0.1) is 13.8 Å². The summed E-state index contributed by atoms with van der Waals surface area (Å²) in [5.41, 5.74) is 6.18. The molecule has 1 saturated heterocycles. The van der Waals surface area contributed by atoms with E-state index in [1.807, 2.05) is 25.1 Å². The number of anilines is 2. The van der Waals surface area contributed by atoms with Gasteiger partial charge in [-0.05, 0) is 61.9 Å². The predicted molar refractivity (Wildman–Crippen MR) is 123 cm³/mol. The second-order valence-corrected chi connectivity index (χ2v) is 8.30. The Labute approximate surface area is 175 Å². The maximum atomic E-state index is 13.0. The molecule has 156 valence electrons. The molecule has 0 aliphatic carbocycles. The average Bonchev–Trinajstić information content (AvgIpc) is 2.75. The van der Waals surface area contributed by atoms with Gasteiger partial charge in [-0.25, -0.2) is 0 Å². The highest BCUT2D eigenvalue weighted by Crippen LogP contribution is 2.27. The molecular formula is C25H35N3O. The average molecular weight is 394 g/mol. The summed E-state index contributed by atoms with van der Waals surface area (Å²) < 4.78 is 0. The molecular weight excluding hydrogens is 358 g/mol. The molecule has 2 atom stereocenters. The monoisotopic (exact) mass is 393 g/mol. The zero-order chi connectivity index (χ0) is 21.0. The van der Waals surface area contributed by atoms with Crippen LogP contribution >= 0.6 is 0 Å². The molecule has 3 rings (SSSR count). The Morgan fingerprint density at radius 2 is 1.69 bits per heavy atom. The molecule has 0 aromatic heterocycles. The zero-order valence-corrected chi connectivity index (χ0v) is 18.5. The Bertz CT molecular complexity index is 840. The van der Waals surface area contributed by atoms with E-state index in [1.54, 1.807) is 0 Å². The van der Waals surface area contributed by atoms with E-state index >= 15 is 0 Å². The lowest BCUT2D eigenvalue weighted by Gasteiger charge is -2.39. The van der Waals surface area contributed by atoms with Crippen LogP contribution in [0.1, 0.15) is 49.8 Å². The first-order valence-electron chi connectivity index (χ1n) is 10.9. The van der Waals surface area contributed by atoms with Gasteiger partial charge in [-0.2, -0.15) is 0 Å². The summed E-state index contributed by atoms with van der Waals surface area (Å²) >= 11 is 0. The highest BCUT2D eigenvalue weighted by Gasteiger charge is 2.26. The van der Waals surface area contributed by atoms with Gasteiger partial charge >= 0.3 is 0 Å². The normalized spacial score (nSPS) is 17.1. The first-order valence-corrected chi connectivity index (χ1v) is 10.9. The van der Waals surface area contributed by atoms with Crippen molar-refractivity contribution in [2.75, 3.05) is 36.4 Å². The largest absolute Gasteiger partial charge is 0.369 e. The van der Waals surface area contributed by atoms with E-state index in [-0.39, 0.29) is 11.9 Å². The number of aryl methyl sites for hydroxylation is 1. The van der Waals surface area contributed by atoms with Gasteiger partial charge in [0.2, 0.25) is 5.91 Å². The van der Waals surface area contributed by atoms with E-state index in [9.17, 15) is 4.79 Å². The summed E-state index contributed by atoms with van der Waals surface area (Å²) in [6.07, 6.45) is 1.06. The van der Waals surface area contributed by atoms with Crippen molar-refractivity contribution in [3.05, 3.63) is 59.2 Å². The Morgan fingerprint density at radius 1 is 1.00 bits per heavy atom. The fourth-order valence-corrected chi connectivity index (χ4v) is 4.09. The summed E-state index contributed by atoms with van der Waals surface area (Å²) in [6.45, 7) is 14.5. The van der Waals surface area contributed by atoms with Crippen LogP contribution in [-0.4, -0.2) is 43.0 Å². The summed E-state index contributed by atoms with van der Waals surface area (Å²) in [5, 5.41) is 3.19. The minimum Gasteiger partial charge on any atom is -0.369 e. The molecule has 1 amide bonds. The molecule has 4 heteroatoms. The molecule has 1 N–H and O–H groups in total. The van der Waals surface area contributed by atoms with Gasteiger partial charge < -0.3 is 10.2 Å². The number of hydrogen-bond acceptors (Lipinski definition) is 3. The van der Waals surface area contributed by atoms with Crippen LogP contribution in [0.2, 0.25) is 0 Å². The summed E-state index contributed by atoms with van der Waals surface area (Å²) in [4.78, 5) is 17.7. The fraction of sp³-hybridized carbons (Fsp3) is 0.480. The number of amides is 1. The molecule has 1 heterocycles. The van der Waals surface area contributed by atoms with Gasteiger partial charge in [-0.3, -0.25) is 9.69 Å². The van der Waals surface area contributed by atoms with Crippen molar-refractivity contribution in [2.24, 2.45) is 0 Å². The van der Waals surface area contributed by atoms with Crippen molar-refractivity contribution >= 4 is 17.3 Å². The Balaban J connectivity index is 1.62. The van der Waals surface area contributed by atoms with Gasteiger partial charge in [0.05, 0.1) is 6.04 Å². The minimum absolute atomic E-state index is 0.0842. The molecule has 1 fully saturated rings. The molecule has 0 unspecified atom stereocenters. The van der Waals surface area contributed by atoms with E-state index in [0.717, 1.165) is 38.3 Å². The van der Waals surface area contributed by atoms with Crippen LogP contribution in [0.15, 0.2) is 42.5 Å². The third-order valence-corrected chi connectivity index (χ3v) is 6.52. The summed E-state index contributed by atoms with van der Waals surface area (Å²) in [6, 6.07) is 14.6. The minimum atomic E-state index is -0.138. The third-order valence-electron chi connectivity index (χ3n) is 6.52. The molecule has 1 aliphatic heterocycles. The molecule has 1 aliphatic rings. The number of nitrogens with zero attached hydrogens (tertiary/aromatic N) is 2. The highest BCUT2D eigenvalue weighted by atomic mass is 16.2. The van der Waals surface area contributed by atoms with Gasteiger partial charge in [0.1, 0.15) is 0 Å². The highest BCUT2D eigenvalue weighted by molar-refractivity contribution is 5.95. The van der Waals surface area contributed by atoms with Crippen molar-refractivity contribution in [1.82, 2.24) is 4.90 Å². The smallest absolute Gasteiger partial charge is 0.241 e. The first-order chi connectivity index (χ1) is 13.9. The van der Waals surface area contributed by atoms with Gasteiger partial charge in [-0.1, -0.05) is 44.2 Å². The third kappa shape index (κ3) is 4.81. The quantitative estimate of drug-likeness (QED) is 0.753. The Kier molecular flexibility index (Phi) is 6.96. The van der Waals surface area contributed by atoms with E-state index < -0.39 is 0 Å². The Morgan fingerprint density at radius 3 is 2.38 bits per heavy atom. The predicted octanol–water partition coefficient (Wildman–Crippen LogP) is 4.97. The fourth-order valence-electron chi connectivity index (χ4n) is 4.09. The van der Waals surface area contributed by atoms with Gasteiger partial charge in [0.15, 0.2) is 0 Å². The van der Waals surface area contributed by atoms with Crippen LogP contribution in [-0.2, 0) is 4.79 Å². The second kappa shape index (κ2) is 9.45. The van der Waals surface area contributed by atoms with Gasteiger partial charge in [0.25, 0.3) is 0 Å². The van der Waals surface area contributed by atoms with E-state index in [4.69, 9.17) is 0 Å². The first kappa shape index (κ1) is 21.4. The second-order valence-electron chi connectivity index (χ2n) is 8.30. The van der Waals surface area contributed by atoms with Crippen molar-refractivity contribution in [3.8, 4) is 0 Å². The van der Waals surface area contributed by atoms with Crippen molar-refractivity contribution in [2.45, 2.75) is 53.0 Å². The standard InChI is InChI=1S/C25H35N3O/c1-6-18(2)22-11-7-8-12-23(22)26-25(29)21(5)27-14-16-28(17-15-27)24-13-9-10-19(3)20(24)4/h7-13,18,21H,6,14-17H2,1-5H3,(H,26,29)/t18-,21+/m0/s1. The van der Waals surface area contributed by atoms with Crippen molar-refractivity contribution in [3.63, 3.8) is 0 Å². The summed E-state index contributed by atoms with van der Waals surface area (Å²) in [7, 11) is 0. The molecule has 2 aromatic rings. The van der Waals surface area contributed by atoms with Crippen LogP contribution in [0.5, 0.6) is 0 Å². The van der Waals surface area contributed by atoms with Crippen molar-refractivity contribution < 1.29 is 4.79 Å². The van der Waals surface area contributed by atoms with Gasteiger partial charge in [0, 0.05) is 37.6 Å². The lowest BCUT2D eigenvalue weighted by molar-refractivity contribution is -0.120. The van der Waals surface area contributed by atoms with Crippen LogP contribution < -0.4 is 10.2 Å². The molecule has 29 heavy (non-hydrogen) atoms. The summed E-state index contributed by atoms with van der Waals surface area (Å²) in [5.74, 6) is 0.517. The van der Waals surface area contributed by atoms with Gasteiger partial charge in [-0.15, -0.1) is 0 Å². The van der Waals surface area contributed by atoms with Crippen molar-refractivity contribution in [1.29, 1.82) is 0 Å². The number of piperazine rings is 1.